The molecular weight excluding hydrogens is 880 g/mol. The first-order valence-electron chi connectivity index (χ1n) is 23.0. The van der Waals surface area contributed by atoms with Crippen LogP contribution in [0.3, 0.4) is 0 Å². The highest BCUT2D eigenvalue weighted by Gasteiger charge is 2.40. The van der Waals surface area contributed by atoms with Crippen molar-refractivity contribution in [2.45, 2.75) is 126 Å². The summed E-state index contributed by atoms with van der Waals surface area (Å²) in [6, 6.07) is 9.00. The van der Waals surface area contributed by atoms with Crippen LogP contribution in [-0.4, -0.2) is 106 Å². The number of benzene rings is 2. The number of imidazole rings is 1. The quantitative estimate of drug-likeness (QED) is 0.121. The van der Waals surface area contributed by atoms with Crippen LogP contribution in [0.15, 0.2) is 52.3 Å². The van der Waals surface area contributed by atoms with Crippen LogP contribution in [0.4, 0.5) is 30.5 Å². The highest BCUT2D eigenvalue weighted by atomic mass is 32.2. The second kappa shape index (κ2) is 19.0. The molecule has 2 aliphatic heterocycles. The van der Waals surface area contributed by atoms with Gasteiger partial charge in [0.1, 0.15) is 6.04 Å². The molecule has 1 unspecified atom stereocenters. The van der Waals surface area contributed by atoms with Gasteiger partial charge in [0.25, 0.3) is 0 Å². The minimum atomic E-state index is -4.64. The number of nitrogens with zero attached hydrogens (tertiary/aromatic N) is 6. The Morgan fingerprint density at radius 2 is 1.71 bits per heavy atom. The lowest BCUT2D eigenvalue weighted by Gasteiger charge is -2.39. The van der Waals surface area contributed by atoms with Crippen LogP contribution < -0.4 is 25.9 Å². The molecule has 4 aliphatic rings. The lowest BCUT2D eigenvalue weighted by atomic mass is 9.78. The number of sulfonamides is 1. The molecule has 0 spiro atoms. The first-order valence-corrected chi connectivity index (χ1v) is 24.4. The van der Waals surface area contributed by atoms with Gasteiger partial charge >= 0.3 is 11.9 Å². The molecule has 2 saturated carbocycles. The van der Waals surface area contributed by atoms with Gasteiger partial charge in [0.05, 0.1) is 51.2 Å². The van der Waals surface area contributed by atoms with E-state index in [1.165, 1.54) is 16.7 Å². The number of hydrogen-bond acceptors (Lipinski definition) is 12. The van der Waals surface area contributed by atoms with Crippen molar-refractivity contribution < 1.29 is 41.0 Å². The molecule has 4 heterocycles. The van der Waals surface area contributed by atoms with Crippen LogP contribution in [0.1, 0.15) is 107 Å². The number of aromatic nitrogens is 4. The van der Waals surface area contributed by atoms with Crippen molar-refractivity contribution in [2.75, 3.05) is 49.5 Å². The van der Waals surface area contributed by atoms with Crippen LogP contribution in [0, 0.1) is 12.8 Å². The molecule has 2 saturated heterocycles. The van der Waals surface area contributed by atoms with Gasteiger partial charge < -0.3 is 20.1 Å². The molecule has 8 rings (SSSR count). The number of para-hydroxylation sites is 1. The maximum Gasteiger partial charge on any atom is 0.419 e. The molecule has 4 fully saturated rings. The number of hydrogen-bond donors (Lipinski definition) is 4. The number of aliphatic hydroxyl groups is 1. The summed E-state index contributed by atoms with van der Waals surface area (Å²) in [5.41, 5.74) is 1.17. The first kappa shape index (κ1) is 47.6. The topological polar surface area (TPSA) is 193 Å². The van der Waals surface area contributed by atoms with Crippen molar-refractivity contribution in [1.82, 2.24) is 34.0 Å². The highest BCUT2D eigenvalue weighted by Crippen LogP contribution is 2.42. The third-order valence-corrected chi connectivity index (χ3v) is 15.5. The Morgan fingerprint density at radius 3 is 2.38 bits per heavy atom. The molecular formula is C46H60F3N9O7S. The highest BCUT2D eigenvalue weighted by molar-refractivity contribution is 7.89. The molecule has 0 radical (unpaired) electrons. The Morgan fingerprint density at radius 1 is 1.00 bits per heavy atom. The number of rotatable bonds is 13. The summed E-state index contributed by atoms with van der Waals surface area (Å²) in [6.45, 7) is 9.62. The van der Waals surface area contributed by atoms with Gasteiger partial charge in [-0.25, -0.2) is 27.9 Å². The van der Waals surface area contributed by atoms with Crippen LogP contribution in [0.5, 0.6) is 0 Å². The number of carbonyl (C=O) groups excluding carboxylic acids is 2. The van der Waals surface area contributed by atoms with E-state index in [1.54, 1.807) is 38.5 Å². The fourth-order valence-corrected chi connectivity index (χ4v) is 11.4. The molecule has 2 aliphatic carbocycles. The fourth-order valence-electron chi connectivity index (χ4n) is 10.1. The zero-order chi connectivity index (χ0) is 47.1. The minimum Gasteiger partial charge on any atom is -0.390 e. The Labute approximate surface area is 382 Å². The summed E-state index contributed by atoms with van der Waals surface area (Å²) in [7, 11) is -2.21. The Kier molecular flexibility index (Phi) is 13.7. The van der Waals surface area contributed by atoms with Gasteiger partial charge in [0.15, 0.2) is 0 Å². The van der Waals surface area contributed by atoms with E-state index in [-0.39, 0.29) is 53.7 Å². The van der Waals surface area contributed by atoms with E-state index in [2.05, 4.69) is 35.1 Å². The monoisotopic (exact) mass is 939 g/mol. The summed E-state index contributed by atoms with van der Waals surface area (Å²) in [4.78, 5) is 51.0. The Hall–Kier alpha value is -4.89. The van der Waals surface area contributed by atoms with E-state index in [4.69, 9.17) is 4.74 Å². The normalized spacial score (nSPS) is 25.2. The number of ether oxygens (including phenoxy) is 1. The van der Waals surface area contributed by atoms with E-state index < -0.39 is 51.3 Å². The van der Waals surface area contributed by atoms with Gasteiger partial charge in [0, 0.05) is 70.0 Å². The molecule has 2 amide bonds. The second-order valence-electron chi connectivity index (χ2n) is 19.0. The summed E-state index contributed by atoms with van der Waals surface area (Å²) in [5.74, 6) is -0.779. The molecule has 4 aromatic rings. The lowest BCUT2D eigenvalue weighted by Crippen LogP contribution is -2.48. The van der Waals surface area contributed by atoms with Crippen molar-refractivity contribution >= 4 is 50.2 Å². The maximum absolute atomic E-state index is 14.0. The second-order valence-corrected chi connectivity index (χ2v) is 20.7. The number of piperazine rings is 1. The zero-order valence-electron chi connectivity index (χ0n) is 37.9. The van der Waals surface area contributed by atoms with Gasteiger partial charge in [-0.1, -0.05) is 6.07 Å². The van der Waals surface area contributed by atoms with E-state index in [9.17, 15) is 41.1 Å². The molecule has 2 atom stereocenters. The van der Waals surface area contributed by atoms with Crippen LogP contribution in [0.25, 0.3) is 11.0 Å². The summed E-state index contributed by atoms with van der Waals surface area (Å²) in [6.07, 6.45) is 1.84. The van der Waals surface area contributed by atoms with Crippen LogP contribution in [-0.2, 0) is 37.6 Å². The maximum atomic E-state index is 14.0. The van der Waals surface area contributed by atoms with Gasteiger partial charge in [-0.2, -0.15) is 13.2 Å². The smallest absolute Gasteiger partial charge is 0.390 e. The number of nitrogens with one attached hydrogen (secondary N) is 3. The van der Waals surface area contributed by atoms with Gasteiger partial charge in [-0.3, -0.25) is 28.9 Å². The largest absolute Gasteiger partial charge is 0.419 e. The molecule has 2 aromatic carbocycles. The predicted octanol–water partition coefficient (Wildman–Crippen LogP) is 5.65. The van der Waals surface area contributed by atoms with Crippen molar-refractivity contribution in [3.63, 3.8) is 0 Å². The molecule has 66 heavy (non-hydrogen) atoms. The summed E-state index contributed by atoms with van der Waals surface area (Å²) < 4.78 is 80.8. The van der Waals surface area contributed by atoms with Crippen molar-refractivity contribution in [2.24, 2.45) is 13.0 Å². The predicted molar refractivity (Wildman–Crippen MR) is 242 cm³/mol. The number of carbonyl (C=O) groups is 2. The number of anilines is 3. The van der Waals surface area contributed by atoms with Crippen molar-refractivity contribution in [3.8, 4) is 0 Å². The van der Waals surface area contributed by atoms with Gasteiger partial charge in [0.2, 0.25) is 27.8 Å². The van der Waals surface area contributed by atoms with Gasteiger partial charge in [-0.15, -0.1) is 0 Å². The molecule has 2 aromatic heterocycles. The molecule has 16 nitrogen and oxygen atoms in total. The van der Waals surface area contributed by atoms with Crippen molar-refractivity contribution in [3.05, 3.63) is 69.9 Å². The molecule has 0 bridgehead atoms. The minimum absolute atomic E-state index is 0.0261. The number of piperidine rings is 1. The van der Waals surface area contributed by atoms with Crippen LogP contribution in [0.2, 0.25) is 0 Å². The zero-order valence-corrected chi connectivity index (χ0v) is 38.7. The SMILES string of the molecule is Cc1cc(S(=O)(=O)N[C@H](C)COC2CCC(CN3CCN(c4cccc5c4n(C)c(=O)n5C4CCC(=O)NC4=O)CC3)CC2)ccc1Nc1ncc(C(F)(F)F)c(C2CCC(C)(O)CC2)n1. The number of imide groups is 1. The van der Waals surface area contributed by atoms with Crippen LogP contribution >= 0.6 is 0 Å². The number of halogens is 3. The number of fused-ring (bicyclic) bond motifs is 1. The lowest BCUT2D eigenvalue weighted by molar-refractivity contribution is -0.139. The Balaban J connectivity index is 0.790. The number of amides is 2. The Bertz CT molecular complexity index is 2610. The first-order chi connectivity index (χ1) is 31.3. The molecule has 20 heteroatoms. The molecule has 358 valence electrons. The third kappa shape index (κ3) is 10.5. The van der Waals surface area contributed by atoms with E-state index in [0.717, 1.165) is 75.8 Å². The third-order valence-electron chi connectivity index (χ3n) is 13.9. The standard InChI is InChI=1S/C46H60F3N9O7S/c1-28-24-33(12-13-35(28)51-43-50-25-34(46(47,48)49)40(53-43)31-16-18-45(3,62)19-17-31)66(63,64)54-29(2)27-65-32-10-8-30(9-11-32)26-56-20-22-57(23-21-56)36-6-5-7-37-41(36)55(4)44(61)58(37)38-14-15-39(59)52-42(38)60/h5-7,12-13,24-25,29-32,38,54,62H,8-11,14-23,26-27H2,1-4H3,(H,50,51,53)(H,52,59,60)/t29-,30?,31?,32?,38?,45?/m1/s1. The molecule has 4 N–H and O–H groups in total. The number of aryl methyl sites for hydroxylation is 2. The average Bonchev–Trinajstić information content (AvgIpc) is 3.52. The van der Waals surface area contributed by atoms with Gasteiger partial charge in [-0.05, 0) is 120 Å². The number of alkyl halides is 3. The van der Waals surface area contributed by atoms with E-state index in [0.29, 0.717) is 48.4 Å². The average molecular weight is 940 g/mol. The fraction of sp³-hybridized carbons (Fsp3) is 0.587. The van der Waals surface area contributed by atoms with Crippen molar-refractivity contribution in [1.29, 1.82) is 0 Å². The summed E-state index contributed by atoms with van der Waals surface area (Å²) >= 11 is 0. The summed E-state index contributed by atoms with van der Waals surface area (Å²) in [5, 5.41) is 15.7. The van der Waals surface area contributed by atoms with E-state index in [1.807, 2.05) is 18.2 Å². The van der Waals surface area contributed by atoms with E-state index >= 15 is 0 Å².